The first kappa shape index (κ1) is 45.7. The molecule has 4 nitrogen and oxygen atoms in total. The molecule has 0 unspecified atom stereocenters. The van der Waals surface area contributed by atoms with Gasteiger partial charge in [0.1, 0.15) is 5.58 Å². The number of imidazole rings is 1. The third-order valence-corrected chi connectivity index (χ3v) is 16.2. The molecule has 0 saturated heterocycles. The molecule has 3 heterocycles. The number of pyridine rings is 1. The Kier molecular flexibility index (Phi) is 13.3. The van der Waals surface area contributed by atoms with Crippen LogP contribution >= 0.6 is 0 Å². The Balaban J connectivity index is 0.000000232. The summed E-state index contributed by atoms with van der Waals surface area (Å²) in [5.41, 5.74) is 15.0. The fourth-order valence-electron chi connectivity index (χ4n) is 8.74. The van der Waals surface area contributed by atoms with Gasteiger partial charge in [-0.2, -0.15) is 0 Å². The van der Waals surface area contributed by atoms with Crippen molar-refractivity contribution in [3.05, 3.63) is 193 Å². The van der Waals surface area contributed by atoms with Crippen LogP contribution in [0.15, 0.2) is 174 Å². The molecule has 0 aliphatic heterocycles. The Labute approximate surface area is 400 Å². The minimum Gasteiger partial charge on any atom is 0 e. The Morgan fingerprint density at radius 2 is 1.31 bits per heavy atom. The average Bonchev–Trinajstić information content (AvgIpc) is 3.88. The van der Waals surface area contributed by atoms with Crippen molar-refractivity contribution in [1.29, 1.82) is 0 Å². The third kappa shape index (κ3) is 9.47. The minimum atomic E-state index is -1.86. The summed E-state index contributed by atoms with van der Waals surface area (Å²) in [7, 11) is 0. The van der Waals surface area contributed by atoms with Crippen molar-refractivity contribution >= 4 is 50.6 Å². The fraction of sp³-hybridized carbons (Fsp3) is 0.186. The molecule has 1 radical (unpaired) electrons. The van der Waals surface area contributed by atoms with Gasteiger partial charge in [0.05, 0.1) is 28.1 Å². The van der Waals surface area contributed by atoms with E-state index in [0.29, 0.717) is 5.92 Å². The molecule has 0 atom stereocenters. The summed E-state index contributed by atoms with van der Waals surface area (Å²) in [4.78, 5) is 9.99. The van der Waals surface area contributed by atoms with Gasteiger partial charge in [-0.3, -0.25) is 4.98 Å². The predicted molar refractivity (Wildman–Crippen MR) is 272 cm³/mol. The number of aromatic nitrogens is 3. The van der Waals surface area contributed by atoms with Crippen LogP contribution in [0.3, 0.4) is 0 Å². The Bertz CT molecular complexity index is 3170. The van der Waals surface area contributed by atoms with Crippen LogP contribution in [0.5, 0.6) is 0 Å². The molecule has 0 aliphatic carbocycles. The van der Waals surface area contributed by atoms with E-state index in [1.807, 2.05) is 42.5 Å². The molecular formula is C59H55GeIrN3O-2. The monoisotopic (exact) mass is 1090 g/mol. The van der Waals surface area contributed by atoms with Gasteiger partial charge in [0.2, 0.25) is 0 Å². The summed E-state index contributed by atoms with van der Waals surface area (Å²) in [6.07, 6.45) is 3.27. The van der Waals surface area contributed by atoms with E-state index in [0.717, 1.165) is 90.0 Å². The van der Waals surface area contributed by atoms with Gasteiger partial charge in [-0.25, -0.2) is 0 Å². The van der Waals surface area contributed by atoms with Crippen molar-refractivity contribution in [2.45, 2.75) is 63.7 Å². The molecule has 0 aliphatic rings. The van der Waals surface area contributed by atoms with Gasteiger partial charge in [0.15, 0.2) is 0 Å². The number of para-hydroxylation sites is 3. The molecule has 65 heavy (non-hydrogen) atoms. The van der Waals surface area contributed by atoms with Gasteiger partial charge >= 0.3 is 126 Å². The van der Waals surface area contributed by atoms with Crippen LogP contribution in [0.2, 0.25) is 17.3 Å². The number of fused-ring (bicyclic) bond motifs is 4. The zero-order valence-electron chi connectivity index (χ0n) is 38.5. The zero-order chi connectivity index (χ0) is 44.6. The standard InChI is InChI=1S/C41H31N2O.C18H24GeN.Ir/c1-41(2,3)29-25-33(27-15-6-4-7-16-27)38(34(26-29)28-17-8-5-9-18-28)43-36-23-12-11-22-35(36)42-40(43)32-21-14-20-31-30-19-10-13-24-37(30)44-39(31)32;1-14(2)11-16-12-18(15-9-7-6-8-10-15)20-13-17(16)19(3,4)5;/h4-20,22-26H,1-3H3;6-9,12-14H,11H2,1-5H3;/q2*-1;. The molecule has 0 fully saturated rings. The second-order valence-corrected chi connectivity index (χ2v) is 29.8. The molecule has 0 amide bonds. The van der Waals surface area contributed by atoms with Crippen molar-refractivity contribution in [3.8, 4) is 50.6 Å². The van der Waals surface area contributed by atoms with E-state index < -0.39 is 13.3 Å². The number of benzene rings is 7. The fourth-order valence-corrected chi connectivity index (χ4v) is 12.1. The van der Waals surface area contributed by atoms with E-state index in [4.69, 9.17) is 14.4 Å². The molecule has 0 saturated carbocycles. The Hall–Kier alpha value is -5.85. The maximum absolute atomic E-state index is 6.53. The van der Waals surface area contributed by atoms with Gasteiger partial charge < -0.3 is 8.98 Å². The van der Waals surface area contributed by atoms with Gasteiger partial charge in [-0.15, -0.1) is 18.2 Å². The summed E-state index contributed by atoms with van der Waals surface area (Å²) in [5.74, 6) is 8.79. The number of furan rings is 1. The van der Waals surface area contributed by atoms with E-state index in [1.165, 1.54) is 11.1 Å². The molecular weight excluding hydrogens is 1030 g/mol. The molecule has 10 aromatic rings. The SMILES string of the molecule is CC(C)(C)c1cc(-c2ccccc2)c(-n2c(-c3[c-]ccc4c3oc3ccccc34)nc3ccccc32)c(-c2ccccc2)c1.CC(C)Cc1cc(-c2[c-]cccc2)nc[c]1[Ge]([CH3])([CH3])[CH3].[Ir]. The van der Waals surface area contributed by atoms with Gasteiger partial charge in [-0.1, -0.05) is 123 Å². The maximum Gasteiger partial charge on any atom is 0 e. The van der Waals surface area contributed by atoms with Gasteiger partial charge in [0.25, 0.3) is 0 Å². The van der Waals surface area contributed by atoms with E-state index >= 15 is 0 Å². The van der Waals surface area contributed by atoms with E-state index in [1.54, 1.807) is 4.40 Å². The molecule has 0 bridgehead atoms. The largest absolute Gasteiger partial charge is 0 e. The first-order valence-corrected chi connectivity index (χ1v) is 29.8. The number of nitrogens with zero attached hydrogens (tertiary/aromatic N) is 3. The zero-order valence-corrected chi connectivity index (χ0v) is 43.0. The van der Waals surface area contributed by atoms with Gasteiger partial charge in [-0.05, 0) is 52.4 Å². The summed E-state index contributed by atoms with van der Waals surface area (Å²) in [5, 5.41) is 2.15. The third-order valence-electron chi connectivity index (χ3n) is 11.9. The van der Waals surface area contributed by atoms with Crippen LogP contribution < -0.4 is 4.40 Å². The molecule has 3 aromatic heterocycles. The first-order valence-electron chi connectivity index (χ1n) is 22.4. The normalized spacial score (nSPS) is 11.8. The van der Waals surface area contributed by atoms with E-state index in [2.05, 4.69) is 196 Å². The molecule has 0 spiro atoms. The van der Waals surface area contributed by atoms with Crippen molar-refractivity contribution in [2.75, 3.05) is 0 Å². The topological polar surface area (TPSA) is 43.9 Å². The summed E-state index contributed by atoms with van der Waals surface area (Å²) in [6.45, 7) is 11.4. The summed E-state index contributed by atoms with van der Waals surface area (Å²) in [6, 6.07) is 64.0. The maximum atomic E-state index is 6.53. The molecule has 327 valence electrons. The second-order valence-electron chi connectivity index (χ2n) is 19.2. The smallest absolute Gasteiger partial charge is 0 e. The molecule has 10 rings (SSSR count). The number of hydrogen-bond donors (Lipinski definition) is 0. The van der Waals surface area contributed by atoms with Crippen LogP contribution in [0, 0.1) is 18.1 Å². The van der Waals surface area contributed by atoms with Crippen LogP contribution in [-0.4, -0.2) is 27.8 Å². The van der Waals surface area contributed by atoms with E-state index in [-0.39, 0.29) is 25.5 Å². The van der Waals surface area contributed by atoms with Crippen molar-refractivity contribution in [2.24, 2.45) is 5.92 Å². The van der Waals surface area contributed by atoms with Crippen molar-refractivity contribution < 1.29 is 24.5 Å². The molecule has 6 heteroatoms. The van der Waals surface area contributed by atoms with Crippen molar-refractivity contribution in [1.82, 2.24) is 14.5 Å². The van der Waals surface area contributed by atoms with Crippen molar-refractivity contribution in [3.63, 3.8) is 0 Å². The molecule has 7 aromatic carbocycles. The predicted octanol–water partition coefficient (Wildman–Crippen LogP) is 15.3. The average molecular weight is 1090 g/mol. The first-order chi connectivity index (χ1) is 30.8. The Morgan fingerprint density at radius 1 is 0.677 bits per heavy atom. The second kappa shape index (κ2) is 18.9. The number of rotatable bonds is 8. The quantitative estimate of drug-likeness (QED) is 0.112. The molecule has 0 N–H and O–H groups in total. The van der Waals surface area contributed by atoms with Crippen LogP contribution in [0.1, 0.15) is 45.7 Å². The van der Waals surface area contributed by atoms with Crippen LogP contribution in [0.4, 0.5) is 0 Å². The van der Waals surface area contributed by atoms with E-state index in [9.17, 15) is 0 Å². The Morgan fingerprint density at radius 3 is 1.94 bits per heavy atom. The minimum absolute atomic E-state index is 0. The summed E-state index contributed by atoms with van der Waals surface area (Å²) >= 11 is -1.86. The summed E-state index contributed by atoms with van der Waals surface area (Å²) < 4.78 is 10.4. The van der Waals surface area contributed by atoms with Crippen LogP contribution in [-0.2, 0) is 31.9 Å². The van der Waals surface area contributed by atoms with Gasteiger partial charge in [0, 0.05) is 36.6 Å². The number of hydrogen-bond acceptors (Lipinski definition) is 3. The van der Waals surface area contributed by atoms with Crippen LogP contribution in [0.25, 0.3) is 83.6 Å².